The van der Waals surface area contributed by atoms with E-state index in [4.69, 9.17) is 23.2 Å². The van der Waals surface area contributed by atoms with Gasteiger partial charge in [0.1, 0.15) is 5.15 Å². The van der Waals surface area contributed by atoms with Crippen LogP contribution in [0, 0.1) is 0 Å². The average Bonchev–Trinajstić information content (AvgIpc) is 2.07. The summed E-state index contributed by atoms with van der Waals surface area (Å²) < 4.78 is 0. The molecule has 0 saturated carbocycles. The highest BCUT2D eigenvalue weighted by Gasteiger charge is 2.01. The lowest BCUT2D eigenvalue weighted by Crippen LogP contribution is -1.83. The van der Waals surface area contributed by atoms with Crippen molar-refractivity contribution in [3.8, 4) is 0 Å². The van der Waals surface area contributed by atoms with Crippen LogP contribution >= 0.6 is 23.2 Å². The Kier molecular flexibility index (Phi) is 1.87. The zero-order chi connectivity index (χ0) is 8.55. The Balaban J connectivity index is 2.84. The van der Waals surface area contributed by atoms with Crippen molar-refractivity contribution in [2.45, 2.75) is 0 Å². The highest BCUT2D eigenvalue weighted by atomic mass is 35.5. The zero-order valence-corrected chi connectivity index (χ0v) is 7.47. The Morgan fingerprint density at radius 3 is 2.83 bits per heavy atom. The van der Waals surface area contributed by atoms with E-state index in [-0.39, 0.29) is 0 Å². The van der Waals surface area contributed by atoms with Gasteiger partial charge in [-0.2, -0.15) is 0 Å². The third kappa shape index (κ3) is 1.24. The maximum Gasteiger partial charge on any atom is 0.148 e. The summed E-state index contributed by atoms with van der Waals surface area (Å²) in [5.41, 5.74) is 1.51. The molecule has 2 rings (SSSR count). The van der Waals surface area contributed by atoms with Crippen LogP contribution in [-0.2, 0) is 0 Å². The molecule has 0 spiro atoms. The standard InChI is InChI=1S/C8H4Cl2N2/c9-5-4-7-6(12-8(5)10)2-1-3-11-7/h1-4H. The van der Waals surface area contributed by atoms with E-state index in [2.05, 4.69) is 9.97 Å². The van der Waals surface area contributed by atoms with Gasteiger partial charge in [-0.1, -0.05) is 23.2 Å². The molecule has 2 nitrogen and oxygen atoms in total. The molecule has 0 aromatic carbocycles. The van der Waals surface area contributed by atoms with E-state index in [0.717, 1.165) is 11.0 Å². The molecule has 0 radical (unpaired) electrons. The number of rotatable bonds is 0. The van der Waals surface area contributed by atoms with Crippen LogP contribution in [0.25, 0.3) is 11.0 Å². The number of fused-ring (bicyclic) bond motifs is 1. The van der Waals surface area contributed by atoms with Crippen LogP contribution in [0.2, 0.25) is 10.2 Å². The van der Waals surface area contributed by atoms with E-state index in [9.17, 15) is 0 Å². The number of aromatic nitrogens is 2. The van der Waals surface area contributed by atoms with Gasteiger partial charge in [0, 0.05) is 6.20 Å². The highest BCUT2D eigenvalue weighted by Crippen LogP contribution is 2.22. The van der Waals surface area contributed by atoms with Crippen molar-refractivity contribution < 1.29 is 0 Å². The second-order valence-electron chi connectivity index (χ2n) is 2.30. The van der Waals surface area contributed by atoms with Gasteiger partial charge in [0.25, 0.3) is 0 Å². The van der Waals surface area contributed by atoms with Gasteiger partial charge in [0.2, 0.25) is 0 Å². The molecule has 0 saturated heterocycles. The summed E-state index contributed by atoms with van der Waals surface area (Å²) in [5, 5.41) is 0.750. The Labute approximate surface area is 79.2 Å². The van der Waals surface area contributed by atoms with Crippen LogP contribution in [0.4, 0.5) is 0 Å². The van der Waals surface area contributed by atoms with Crippen LogP contribution in [0.5, 0.6) is 0 Å². The molecule has 60 valence electrons. The van der Waals surface area contributed by atoms with Crippen LogP contribution < -0.4 is 0 Å². The van der Waals surface area contributed by atoms with Crippen molar-refractivity contribution in [1.82, 2.24) is 9.97 Å². The van der Waals surface area contributed by atoms with Crippen molar-refractivity contribution >= 4 is 34.2 Å². The Bertz CT molecular complexity index is 388. The van der Waals surface area contributed by atoms with E-state index < -0.39 is 0 Å². The molecule has 0 aliphatic heterocycles. The number of hydrogen-bond acceptors (Lipinski definition) is 2. The molecule has 0 atom stereocenters. The molecule has 0 bridgehead atoms. The van der Waals surface area contributed by atoms with Crippen molar-refractivity contribution in [1.29, 1.82) is 0 Å². The fourth-order valence-electron chi connectivity index (χ4n) is 0.954. The first-order valence-corrected chi connectivity index (χ1v) is 4.10. The molecule has 4 heteroatoms. The summed E-state index contributed by atoms with van der Waals surface area (Å²) in [7, 11) is 0. The summed E-state index contributed by atoms with van der Waals surface area (Å²) >= 11 is 11.5. The van der Waals surface area contributed by atoms with Gasteiger partial charge in [-0.3, -0.25) is 4.98 Å². The minimum atomic E-state index is 0.317. The Morgan fingerprint density at radius 1 is 1.17 bits per heavy atom. The molecule has 0 aliphatic carbocycles. The lowest BCUT2D eigenvalue weighted by atomic mass is 10.3. The third-order valence-electron chi connectivity index (χ3n) is 1.50. The summed E-state index contributed by atoms with van der Waals surface area (Å²) in [6.07, 6.45) is 1.69. The van der Waals surface area contributed by atoms with Crippen molar-refractivity contribution in [3.63, 3.8) is 0 Å². The molecule has 0 amide bonds. The van der Waals surface area contributed by atoms with Crippen molar-refractivity contribution in [2.24, 2.45) is 0 Å². The maximum absolute atomic E-state index is 5.75. The zero-order valence-electron chi connectivity index (χ0n) is 5.96. The molecular weight excluding hydrogens is 195 g/mol. The van der Waals surface area contributed by atoms with Gasteiger partial charge in [-0.15, -0.1) is 0 Å². The number of halogens is 2. The monoisotopic (exact) mass is 198 g/mol. The minimum Gasteiger partial charge on any atom is -0.255 e. The second-order valence-corrected chi connectivity index (χ2v) is 3.07. The predicted molar refractivity (Wildman–Crippen MR) is 49.6 cm³/mol. The van der Waals surface area contributed by atoms with Crippen molar-refractivity contribution in [2.75, 3.05) is 0 Å². The normalized spacial score (nSPS) is 10.5. The molecule has 0 N–H and O–H groups in total. The van der Waals surface area contributed by atoms with Gasteiger partial charge in [0.15, 0.2) is 0 Å². The number of hydrogen-bond donors (Lipinski definition) is 0. The smallest absolute Gasteiger partial charge is 0.148 e. The molecule has 2 heterocycles. The first-order chi connectivity index (χ1) is 5.77. The van der Waals surface area contributed by atoms with Gasteiger partial charge in [-0.05, 0) is 18.2 Å². The first-order valence-electron chi connectivity index (χ1n) is 3.34. The lowest BCUT2D eigenvalue weighted by molar-refractivity contribution is 1.34. The molecule has 0 aliphatic rings. The van der Waals surface area contributed by atoms with E-state index in [1.165, 1.54) is 0 Å². The van der Waals surface area contributed by atoms with E-state index in [1.54, 1.807) is 18.3 Å². The largest absolute Gasteiger partial charge is 0.255 e. The van der Waals surface area contributed by atoms with E-state index >= 15 is 0 Å². The van der Waals surface area contributed by atoms with E-state index in [0.29, 0.717) is 10.2 Å². The summed E-state index contributed by atoms with van der Waals surface area (Å²) in [4.78, 5) is 8.12. The third-order valence-corrected chi connectivity index (χ3v) is 2.17. The molecule has 0 fully saturated rings. The molecular formula is C8H4Cl2N2. The summed E-state index contributed by atoms with van der Waals surface area (Å²) in [6, 6.07) is 5.34. The molecule has 12 heavy (non-hydrogen) atoms. The summed E-state index contributed by atoms with van der Waals surface area (Å²) in [6.45, 7) is 0. The van der Waals surface area contributed by atoms with Gasteiger partial charge < -0.3 is 0 Å². The minimum absolute atomic E-state index is 0.317. The lowest BCUT2D eigenvalue weighted by Gasteiger charge is -1.97. The number of pyridine rings is 2. The molecule has 2 aromatic rings. The topological polar surface area (TPSA) is 25.8 Å². The molecule has 0 unspecified atom stereocenters. The Morgan fingerprint density at radius 2 is 2.00 bits per heavy atom. The SMILES string of the molecule is Clc1cc2ncccc2nc1Cl. The maximum atomic E-state index is 5.75. The van der Waals surface area contributed by atoms with Gasteiger partial charge in [-0.25, -0.2) is 4.98 Å². The fourth-order valence-corrected chi connectivity index (χ4v) is 1.24. The predicted octanol–water partition coefficient (Wildman–Crippen LogP) is 2.94. The highest BCUT2D eigenvalue weighted by molar-refractivity contribution is 6.41. The van der Waals surface area contributed by atoms with Crippen LogP contribution in [0.3, 0.4) is 0 Å². The van der Waals surface area contributed by atoms with Gasteiger partial charge >= 0.3 is 0 Å². The first kappa shape index (κ1) is 7.77. The molecule has 2 aromatic heterocycles. The van der Waals surface area contributed by atoms with E-state index in [1.807, 2.05) is 6.07 Å². The second kappa shape index (κ2) is 2.88. The van der Waals surface area contributed by atoms with Crippen LogP contribution in [-0.4, -0.2) is 9.97 Å². The average molecular weight is 199 g/mol. The van der Waals surface area contributed by atoms with Crippen LogP contribution in [0.15, 0.2) is 24.4 Å². The Hall–Kier alpha value is -0.860. The van der Waals surface area contributed by atoms with Gasteiger partial charge in [0.05, 0.1) is 16.1 Å². The summed E-state index contributed by atoms with van der Waals surface area (Å²) in [5.74, 6) is 0. The fraction of sp³-hybridized carbons (Fsp3) is 0. The quantitative estimate of drug-likeness (QED) is 0.609. The van der Waals surface area contributed by atoms with Crippen molar-refractivity contribution in [3.05, 3.63) is 34.6 Å². The van der Waals surface area contributed by atoms with Crippen LogP contribution in [0.1, 0.15) is 0 Å². The number of nitrogens with zero attached hydrogens (tertiary/aromatic N) is 2.